The van der Waals surface area contributed by atoms with Crippen LogP contribution in [0.3, 0.4) is 0 Å². The molecule has 2 heterocycles. The molecule has 2 aliphatic rings. The molecule has 1 saturated heterocycles. The second kappa shape index (κ2) is 11.1. The minimum absolute atomic E-state index is 0.0131. The number of nitrogens with two attached hydrogens (primary N) is 1. The van der Waals surface area contributed by atoms with Crippen molar-refractivity contribution in [3.8, 4) is 0 Å². The number of hydrogen-bond donors (Lipinski definition) is 4. The van der Waals surface area contributed by atoms with Crippen molar-refractivity contribution in [2.75, 3.05) is 36.9 Å². The predicted octanol–water partition coefficient (Wildman–Crippen LogP) is 1.93. The van der Waals surface area contributed by atoms with Crippen molar-refractivity contribution in [2.45, 2.75) is 63.0 Å². The predicted molar refractivity (Wildman–Crippen MR) is 136 cm³/mol. The summed E-state index contributed by atoms with van der Waals surface area (Å²) in [5.74, 6) is 0.0473. The lowest BCUT2D eigenvalue weighted by Gasteiger charge is -2.27. The maximum absolute atomic E-state index is 13.1. The highest BCUT2D eigenvalue weighted by molar-refractivity contribution is 7.89. The average molecular weight is 519 g/mol. The zero-order valence-corrected chi connectivity index (χ0v) is 21.5. The highest BCUT2D eigenvalue weighted by Crippen LogP contribution is 2.28. The number of nitrogens with one attached hydrogen (secondary N) is 2. The normalized spacial score (nSPS) is 21.2. The summed E-state index contributed by atoms with van der Waals surface area (Å²) in [6, 6.07) is 5.03. The van der Waals surface area contributed by atoms with Crippen LogP contribution >= 0.6 is 0 Å². The highest BCUT2D eigenvalue weighted by atomic mass is 32.2. The summed E-state index contributed by atoms with van der Waals surface area (Å²) >= 11 is 0. The Bertz CT molecular complexity index is 1210. The maximum Gasteiger partial charge on any atom is 0.271 e. The topological polar surface area (TPSA) is 160 Å². The van der Waals surface area contributed by atoms with Gasteiger partial charge in [0, 0.05) is 24.8 Å². The number of aromatic nitrogens is 2. The van der Waals surface area contributed by atoms with E-state index >= 15 is 0 Å². The number of rotatable bonds is 8. The third-order valence-corrected chi connectivity index (χ3v) is 8.66. The van der Waals surface area contributed by atoms with Gasteiger partial charge in [0.15, 0.2) is 11.5 Å². The molecule has 1 aliphatic heterocycles. The molecule has 0 unspecified atom stereocenters. The van der Waals surface area contributed by atoms with Gasteiger partial charge in [-0.3, -0.25) is 4.79 Å². The number of aliphatic hydroxyl groups is 1. The van der Waals surface area contributed by atoms with E-state index < -0.39 is 15.9 Å². The summed E-state index contributed by atoms with van der Waals surface area (Å²) in [7, 11) is -3.64. The summed E-state index contributed by atoms with van der Waals surface area (Å²) in [6.07, 6.45) is 3.34. The van der Waals surface area contributed by atoms with Crippen LogP contribution < -0.4 is 16.4 Å². The molecule has 196 valence electrons. The molecule has 0 radical (unpaired) electrons. The fourth-order valence-electron chi connectivity index (χ4n) is 4.58. The Morgan fingerprint density at radius 2 is 1.86 bits per heavy atom. The van der Waals surface area contributed by atoms with Gasteiger partial charge in [-0.15, -0.1) is 0 Å². The highest BCUT2D eigenvalue weighted by Gasteiger charge is 2.28. The van der Waals surface area contributed by atoms with Gasteiger partial charge in [-0.2, -0.15) is 4.31 Å². The molecule has 0 atom stereocenters. The molecular weight excluding hydrogens is 484 g/mol. The number of aryl methyl sites for hydroxylation is 2. The van der Waals surface area contributed by atoms with E-state index in [1.165, 1.54) is 4.31 Å². The number of carbonyl (C=O) groups excluding carboxylic acids is 1. The van der Waals surface area contributed by atoms with Crippen LogP contribution in [0.4, 0.5) is 17.3 Å². The lowest BCUT2D eigenvalue weighted by molar-refractivity contribution is 0.0730. The molecule has 1 saturated carbocycles. The fourth-order valence-corrected chi connectivity index (χ4v) is 6.20. The van der Waals surface area contributed by atoms with Gasteiger partial charge in [-0.1, -0.05) is 6.92 Å². The molecule has 1 amide bonds. The number of hydrogen-bond acceptors (Lipinski definition) is 9. The Labute approximate surface area is 211 Å². The molecule has 4 rings (SSSR count). The molecule has 2 aromatic rings. The summed E-state index contributed by atoms with van der Waals surface area (Å²) in [4.78, 5) is 21.5. The molecule has 36 heavy (non-hydrogen) atoms. The number of amides is 1. The average Bonchev–Trinajstić information content (AvgIpc) is 2.86. The third-order valence-electron chi connectivity index (χ3n) is 6.60. The minimum atomic E-state index is -3.64. The van der Waals surface area contributed by atoms with E-state index in [1.54, 1.807) is 25.1 Å². The number of ether oxygens (including phenoxy) is 1. The van der Waals surface area contributed by atoms with Crippen molar-refractivity contribution in [3.05, 3.63) is 35.2 Å². The zero-order valence-electron chi connectivity index (χ0n) is 20.7. The number of anilines is 3. The summed E-state index contributed by atoms with van der Waals surface area (Å²) in [5, 5.41) is 16.3. The van der Waals surface area contributed by atoms with Gasteiger partial charge in [0.1, 0.15) is 5.82 Å². The second-order valence-electron chi connectivity index (χ2n) is 9.21. The Hall–Kier alpha value is -2.80. The molecule has 5 N–H and O–H groups in total. The molecule has 11 nitrogen and oxygen atoms in total. The SMILES string of the molecule is CCc1nc(C(N)=O)c(Nc2ccc(S(=O)(=O)N3CCOCC3)c(C)c2)nc1NC1CCC(O)CC1. The first-order valence-electron chi connectivity index (χ1n) is 12.3. The molecule has 0 spiro atoms. The number of benzene rings is 1. The first-order chi connectivity index (χ1) is 17.2. The minimum Gasteiger partial charge on any atom is -0.393 e. The van der Waals surface area contributed by atoms with Gasteiger partial charge in [0.25, 0.3) is 5.91 Å². The van der Waals surface area contributed by atoms with E-state index in [9.17, 15) is 18.3 Å². The van der Waals surface area contributed by atoms with Gasteiger partial charge in [0.05, 0.1) is 29.9 Å². The van der Waals surface area contributed by atoms with E-state index in [0.29, 0.717) is 55.5 Å². The Balaban J connectivity index is 1.61. The largest absolute Gasteiger partial charge is 0.393 e. The van der Waals surface area contributed by atoms with Crippen LogP contribution in [0.5, 0.6) is 0 Å². The quantitative estimate of drug-likeness (QED) is 0.409. The molecule has 1 aromatic heterocycles. The van der Waals surface area contributed by atoms with Crippen LogP contribution in [0.1, 0.15) is 54.4 Å². The maximum atomic E-state index is 13.1. The van der Waals surface area contributed by atoms with E-state index in [1.807, 2.05) is 6.92 Å². The van der Waals surface area contributed by atoms with Crippen molar-refractivity contribution in [1.82, 2.24) is 14.3 Å². The molecule has 0 bridgehead atoms. The Morgan fingerprint density at radius 3 is 2.47 bits per heavy atom. The number of sulfonamides is 1. The van der Waals surface area contributed by atoms with Crippen LogP contribution in [0, 0.1) is 6.92 Å². The van der Waals surface area contributed by atoms with E-state index in [2.05, 4.69) is 20.6 Å². The molecule has 1 aliphatic carbocycles. The lowest BCUT2D eigenvalue weighted by atomic mass is 9.93. The lowest BCUT2D eigenvalue weighted by Crippen LogP contribution is -2.40. The number of carbonyl (C=O) groups is 1. The standard InChI is InChI=1S/C24H34N6O5S/c1-3-19-23(26-16-4-7-18(31)8-5-16)29-24(21(28-19)22(25)32)27-17-6-9-20(15(2)14-17)36(33,34)30-10-12-35-13-11-30/h6,9,14,16,18,31H,3-5,7-8,10-13H2,1-2H3,(H2,25,32)(H2,26,27,29). The van der Waals surface area contributed by atoms with E-state index in [0.717, 1.165) is 25.7 Å². The molecule has 12 heteroatoms. The monoisotopic (exact) mass is 518 g/mol. The number of nitrogens with zero attached hydrogens (tertiary/aromatic N) is 3. The van der Waals surface area contributed by atoms with Crippen LogP contribution in [-0.4, -0.2) is 72.2 Å². The van der Waals surface area contributed by atoms with Crippen molar-refractivity contribution in [3.63, 3.8) is 0 Å². The van der Waals surface area contributed by atoms with Crippen molar-refractivity contribution >= 4 is 33.3 Å². The molecule has 1 aromatic carbocycles. The van der Waals surface area contributed by atoms with Gasteiger partial charge >= 0.3 is 0 Å². The number of primary amides is 1. The van der Waals surface area contributed by atoms with Gasteiger partial charge in [-0.05, 0) is 62.8 Å². The fraction of sp³-hybridized carbons (Fsp3) is 0.542. The van der Waals surface area contributed by atoms with Gasteiger partial charge < -0.3 is 26.2 Å². The third kappa shape index (κ3) is 5.77. The van der Waals surface area contributed by atoms with Crippen LogP contribution in [0.25, 0.3) is 0 Å². The van der Waals surface area contributed by atoms with E-state index in [4.69, 9.17) is 10.5 Å². The molecular formula is C24H34N6O5S. The van der Waals surface area contributed by atoms with Gasteiger partial charge in [-0.25, -0.2) is 18.4 Å². The van der Waals surface area contributed by atoms with Crippen LogP contribution in [-0.2, 0) is 21.2 Å². The van der Waals surface area contributed by atoms with Crippen molar-refractivity contribution in [1.29, 1.82) is 0 Å². The number of morpholine rings is 1. The van der Waals surface area contributed by atoms with E-state index in [-0.39, 0.29) is 28.6 Å². The smallest absolute Gasteiger partial charge is 0.271 e. The van der Waals surface area contributed by atoms with Crippen molar-refractivity contribution in [2.24, 2.45) is 5.73 Å². The van der Waals surface area contributed by atoms with Crippen molar-refractivity contribution < 1.29 is 23.1 Å². The Morgan fingerprint density at radius 1 is 1.17 bits per heavy atom. The first kappa shape index (κ1) is 26.3. The first-order valence-corrected chi connectivity index (χ1v) is 13.7. The number of aliphatic hydroxyl groups excluding tert-OH is 1. The molecule has 2 fully saturated rings. The Kier molecular flexibility index (Phi) is 8.08. The summed E-state index contributed by atoms with van der Waals surface area (Å²) in [5.41, 5.74) is 7.37. The second-order valence-corrected chi connectivity index (χ2v) is 11.1. The zero-order chi connectivity index (χ0) is 25.9. The summed E-state index contributed by atoms with van der Waals surface area (Å²) in [6.45, 7) is 5.03. The summed E-state index contributed by atoms with van der Waals surface area (Å²) < 4.78 is 32.9. The van der Waals surface area contributed by atoms with Crippen LogP contribution in [0.2, 0.25) is 0 Å². The van der Waals surface area contributed by atoms with Crippen LogP contribution in [0.15, 0.2) is 23.1 Å². The van der Waals surface area contributed by atoms with Gasteiger partial charge in [0.2, 0.25) is 10.0 Å².